The van der Waals surface area contributed by atoms with E-state index in [1.54, 1.807) is 25.1 Å². The van der Waals surface area contributed by atoms with Crippen LogP contribution in [-0.4, -0.2) is 36.9 Å². The molecule has 1 saturated heterocycles. The van der Waals surface area contributed by atoms with Gasteiger partial charge in [0, 0.05) is 30.1 Å². The first-order chi connectivity index (χ1) is 10.8. The third kappa shape index (κ3) is 4.87. The van der Waals surface area contributed by atoms with Crippen molar-refractivity contribution in [1.82, 2.24) is 10.6 Å². The third-order valence-electron chi connectivity index (χ3n) is 3.62. The molecule has 1 fully saturated rings. The molecule has 23 heavy (non-hydrogen) atoms. The maximum atomic E-state index is 13.0. The fraction of sp³-hybridized carbons (Fsp3) is 0.467. The molecule has 2 amide bonds. The summed E-state index contributed by atoms with van der Waals surface area (Å²) in [6, 6.07) is 4.25. The van der Waals surface area contributed by atoms with E-state index < -0.39 is 30.8 Å². The van der Waals surface area contributed by atoms with Crippen molar-refractivity contribution in [2.45, 2.75) is 31.7 Å². The second kappa shape index (κ2) is 7.23. The number of rotatable bonds is 5. The molecule has 0 bridgehead atoms. The molecular formula is C15H18ClF2N3O2. The van der Waals surface area contributed by atoms with Gasteiger partial charge in [-0.05, 0) is 24.6 Å². The van der Waals surface area contributed by atoms with E-state index in [9.17, 15) is 18.4 Å². The zero-order chi connectivity index (χ0) is 17.0. The summed E-state index contributed by atoms with van der Waals surface area (Å²) in [5.74, 6) is -3.67. The molecule has 1 heterocycles. The first-order valence-corrected chi connectivity index (χ1v) is 7.60. The van der Waals surface area contributed by atoms with Crippen molar-refractivity contribution < 1.29 is 18.4 Å². The van der Waals surface area contributed by atoms with Gasteiger partial charge in [0.25, 0.3) is 5.92 Å². The van der Waals surface area contributed by atoms with Gasteiger partial charge in [-0.2, -0.15) is 0 Å². The predicted octanol–water partition coefficient (Wildman–Crippen LogP) is 2.09. The van der Waals surface area contributed by atoms with E-state index >= 15 is 0 Å². The summed E-state index contributed by atoms with van der Waals surface area (Å²) < 4.78 is 26.0. The lowest BCUT2D eigenvalue weighted by Gasteiger charge is -2.12. The molecule has 0 radical (unpaired) electrons. The normalized spacial score (nSPS) is 19.4. The first-order valence-electron chi connectivity index (χ1n) is 7.22. The Morgan fingerprint density at radius 1 is 1.43 bits per heavy atom. The van der Waals surface area contributed by atoms with Gasteiger partial charge in [0.1, 0.15) is 0 Å². The second-order valence-corrected chi connectivity index (χ2v) is 5.90. The highest BCUT2D eigenvalue weighted by atomic mass is 35.5. The molecule has 126 valence electrons. The number of halogens is 3. The van der Waals surface area contributed by atoms with Crippen LogP contribution < -0.4 is 16.0 Å². The van der Waals surface area contributed by atoms with E-state index in [2.05, 4.69) is 16.0 Å². The molecular weight excluding hydrogens is 328 g/mol. The van der Waals surface area contributed by atoms with Gasteiger partial charge in [-0.1, -0.05) is 17.7 Å². The molecule has 0 aliphatic carbocycles. The van der Waals surface area contributed by atoms with Crippen LogP contribution in [0.1, 0.15) is 18.4 Å². The predicted molar refractivity (Wildman–Crippen MR) is 83.8 cm³/mol. The minimum Gasteiger partial charge on any atom is -0.354 e. The average Bonchev–Trinajstić information content (AvgIpc) is 2.84. The zero-order valence-electron chi connectivity index (χ0n) is 12.6. The lowest BCUT2D eigenvalue weighted by Crippen LogP contribution is -2.41. The standard InChI is InChI=1S/C15H18ClF2N3O2/c1-9-10(16)3-2-4-11(9)21-13(22)5-6-19-14(23)12-7-15(17,18)8-20-12/h2-4,12,20H,5-8H2,1H3,(H,19,23)(H,21,22). The number of amides is 2. The van der Waals surface area contributed by atoms with Crippen LogP contribution in [0.25, 0.3) is 0 Å². The molecule has 1 aliphatic heterocycles. The number of anilines is 1. The summed E-state index contributed by atoms with van der Waals surface area (Å²) in [6.45, 7) is 1.36. The Labute approximate surface area is 137 Å². The van der Waals surface area contributed by atoms with Crippen LogP contribution in [0.2, 0.25) is 5.02 Å². The smallest absolute Gasteiger partial charge is 0.262 e. The summed E-state index contributed by atoms with van der Waals surface area (Å²) in [7, 11) is 0. The quantitative estimate of drug-likeness (QED) is 0.765. The van der Waals surface area contributed by atoms with Crippen molar-refractivity contribution in [2.24, 2.45) is 0 Å². The van der Waals surface area contributed by atoms with E-state index in [-0.39, 0.29) is 18.9 Å². The van der Waals surface area contributed by atoms with Crippen molar-refractivity contribution in [3.63, 3.8) is 0 Å². The van der Waals surface area contributed by atoms with Gasteiger partial charge in [-0.25, -0.2) is 8.78 Å². The minimum absolute atomic E-state index is 0.0425. The Morgan fingerprint density at radius 2 is 2.17 bits per heavy atom. The highest BCUT2D eigenvalue weighted by Gasteiger charge is 2.42. The van der Waals surface area contributed by atoms with E-state index in [1.807, 2.05) is 0 Å². The van der Waals surface area contributed by atoms with Gasteiger partial charge >= 0.3 is 0 Å². The highest BCUT2D eigenvalue weighted by molar-refractivity contribution is 6.31. The molecule has 1 aromatic carbocycles. The molecule has 0 aromatic heterocycles. The Bertz CT molecular complexity index is 610. The van der Waals surface area contributed by atoms with E-state index in [4.69, 9.17) is 11.6 Å². The van der Waals surface area contributed by atoms with Crippen molar-refractivity contribution in [3.05, 3.63) is 28.8 Å². The number of carbonyl (C=O) groups is 2. The summed E-state index contributed by atoms with van der Waals surface area (Å²) in [4.78, 5) is 23.6. The molecule has 3 N–H and O–H groups in total. The zero-order valence-corrected chi connectivity index (χ0v) is 13.3. The summed E-state index contributed by atoms with van der Waals surface area (Å²) in [5, 5.41) is 8.19. The fourth-order valence-corrected chi connectivity index (χ4v) is 2.45. The molecule has 1 aliphatic rings. The number of carbonyl (C=O) groups excluding carboxylic acids is 2. The third-order valence-corrected chi connectivity index (χ3v) is 4.03. The topological polar surface area (TPSA) is 70.2 Å². The first kappa shape index (κ1) is 17.6. The number of hydrogen-bond acceptors (Lipinski definition) is 3. The van der Waals surface area contributed by atoms with Gasteiger partial charge in [0.15, 0.2) is 0 Å². The Balaban J connectivity index is 1.75. The minimum atomic E-state index is -2.86. The molecule has 0 spiro atoms. The van der Waals surface area contributed by atoms with Crippen molar-refractivity contribution >= 4 is 29.1 Å². The molecule has 1 unspecified atom stereocenters. The van der Waals surface area contributed by atoms with Crippen LogP contribution in [0.5, 0.6) is 0 Å². The Hall–Kier alpha value is -1.73. The monoisotopic (exact) mass is 345 g/mol. The number of alkyl halides is 2. The number of nitrogens with one attached hydrogen (secondary N) is 3. The molecule has 0 saturated carbocycles. The molecule has 2 rings (SSSR count). The van der Waals surface area contributed by atoms with Gasteiger partial charge in [0.2, 0.25) is 11.8 Å². The van der Waals surface area contributed by atoms with E-state index in [0.29, 0.717) is 10.7 Å². The van der Waals surface area contributed by atoms with Gasteiger partial charge < -0.3 is 10.6 Å². The Morgan fingerprint density at radius 3 is 2.83 bits per heavy atom. The van der Waals surface area contributed by atoms with E-state index in [0.717, 1.165) is 5.56 Å². The lowest BCUT2D eigenvalue weighted by atomic mass is 10.2. The van der Waals surface area contributed by atoms with Crippen molar-refractivity contribution in [1.29, 1.82) is 0 Å². The van der Waals surface area contributed by atoms with Gasteiger partial charge in [-0.15, -0.1) is 0 Å². The number of hydrogen-bond donors (Lipinski definition) is 3. The molecule has 1 atom stereocenters. The van der Waals surface area contributed by atoms with Crippen LogP contribution in [-0.2, 0) is 9.59 Å². The largest absolute Gasteiger partial charge is 0.354 e. The van der Waals surface area contributed by atoms with Crippen LogP contribution in [0.4, 0.5) is 14.5 Å². The fourth-order valence-electron chi connectivity index (χ4n) is 2.28. The molecule has 8 heteroatoms. The average molecular weight is 346 g/mol. The number of benzene rings is 1. The second-order valence-electron chi connectivity index (χ2n) is 5.50. The lowest BCUT2D eigenvalue weighted by molar-refractivity contribution is -0.123. The summed E-state index contributed by atoms with van der Waals surface area (Å²) >= 11 is 5.96. The van der Waals surface area contributed by atoms with Crippen LogP contribution in [0.15, 0.2) is 18.2 Å². The van der Waals surface area contributed by atoms with Gasteiger partial charge in [-0.3, -0.25) is 14.9 Å². The SMILES string of the molecule is Cc1c(Cl)cccc1NC(=O)CCNC(=O)C1CC(F)(F)CN1. The van der Waals surface area contributed by atoms with Crippen LogP contribution in [0.3, 0.4) is 0 Å². The maximum Gasteiger partial charge on any atom is 0.262 e. The van der Waals surface area contributed by atoms with E-state index in [1.165, 1.54) is 0 Å². The van der Waals surface area contributed by atoms with Crippen molar-refractivity contribution in [2.75, 3.05) is 18.4 Å². The maximum absolute atomic E-state index is 13.0. The highest BCUT2D eigenvalue weighted by Crippen LogP contribution is 2.25. The van der Waals surface area contributed by atoms with Crippen LogP contribution in [0, 0.1) is 6.92 Å². The van der Waals surface area contributed by atoms with Crippen molar-refractivity contribution in [3.8, 4) is 0 Å². The molecule has 1 aromatic rings. The van der Waals surface area contributed by atoms with Gasteiger partial charge in [0.05, 0.1) is 12.6 Å². The summed E-state index contributed by atoms with van der Waals surface area (Å²) in [6.07, 6.45) is -0.479. The Kier molecular flexibility index (Phi) is 5.54. The molecule has 5 nitrogen and oxygen atoms in total. The summed E-state index contributed by atoms with van der Waals surface area (Å²) in [5.41, 5.74) is 1.36. The van der Waals surface area contributed by atoms with Crippen LogP contribution >= 0.6 is 11.6 Å².